The number of hydrogen-bond acceptors (Lipinski definition) is 2. The van der Waals surface area contributed by atoms with E-state index >= 15 is 0 Å². The van der Waals surface area contributed by atoms with Crippen LogP contribution in [0, 0.1) is 11.3 Å². The molecule has 3 atom stereocenters. The molecular formula is C19H29ClIN3O. The highest BCUT2D eigenvalue weighted by molar-refractivity contribution is 14.0. The average molecular weight is 478 g/mol. The third kappa shape index (κ3) is 4.61. The molecule has 0 aromatic heterocycles. The van der Waals surface area contributed by atoms with E-state index in [-0.39, 0.29) is 29.4 Å². The van der Waals surface area contributed by atoms with Gasteiger partial charge in [0.15, 0.2) is 5.96 Å². The Kier molecular flexibility index (Phi) is 7.40. The maximum atomic E-state index is 6.04. The molecule has 3 rings (SSSR count). The van der Waals surface area contributed by atoms with Gasteiger partial charge >= 0.3 is 0 Å². The van der Waals surface area contributed by atoms with Gasteiger partial charge in [-0.15, -0.1) is 24.0 Å². The first kappa shape index (κ1) is 20.8. The summed E-state index contributed by atoms with van der Waals surface area (Å²) >= 11 is 6.04. The Balaban J connectivity index is 0.00000225. The lowest BCUT2D eigenvalue weighted by Crippen LogP contribution is -2.68. The van der Waals surface area contributed by atoms with Crippen LogP contribution in [0.3, 0.4) is 0 Å². The maximum absolute atomic E-state index is 6.04. The quantitative estimate of drug-likeness (QED) is 0.384. The minimum Gasteiger partial charge on any atom is -0.377 e. The van der Waals surface area contributed by atoms with Gasteiger partial charge in [-0.05, 0) is 37.5 Å². The second kappa shape index (κ2) is 8.91. The lowest BCUT2D eigenvalue weighted by Gasteiger charge is -2.54. The Labute approximate surface area is 173 Å². The highest BCUT2D eigenvalue weighted by Crippen LogP contribution is 2.52. The minimum atomic E-state index is 0. The lowest BCUT2D eigenvalue weighted by molar-refractivity contribution is -0.106. The number of fused-ring (bicyclic) bond motifs is 1. The second-order valence-corrected chi connectivity index (χ2v) is 7.76. The summed E-state index contributed by atoms with van der Waals surface area (Å²) in [6, 6.07) is 8.42. The van der Waals surface area contributed by atoms with Crippen LogP contribution >= 0.6 is 35.6 Å². The number of nitrogens with zero attached hydrogens (tertiary/aromatic N) is 1. The lowest BCUT2D eigenvalue weighted by atomic mass is 9.57. The van der Waals surface area contributed by atoms with Crippen molar-refractivity contribution in [3.8, 4) is 0 Å². The molecule has 1 aromatic rings. The first-order chi connectivity index (χ1) is 11.5. The van der Waals surface area contributed by atoms with E-state index in [2.05, 4.69) is 37.5 Å². The Morgan fingerprint density at radius 2 is 2.20 bits per heavy atom. The highest BCUT2D eigenvalue weighted by Gasteiger charge is 2.59. The van der Waals surface area contributed by atoms with Gasteiger partial charge in [-0.3, -0.25) is 4.99 Å². The summed E-state index contributed by atoms with van der Waals surface area (Å²) in [6.45, 7) is 9.16. The van der Waals surface area contributed by atoms with Crippen LogP contribution in [0.1, 0.15) is 32.8 Å². The molecule has 0 radical (unpaired) electrons. The van der Waals surface area contributed by atoms with E-state index in [1.165, 1.54) is 5.56 Å². The molecular weight excluding hydrogens is 449 g/mol. The summed E-state index contributed by atoms with van der Waals surface area (Å²) in [7, 11) is 0. The van der Waals surface area contributed by atoms with Crippen LogP contribution in [0.25, 0.3) is 0 Å². The molecule has 0 bridgehead atoms. The van der Waals surface area contributed by atoms with Crippen molar-refractivity contribution >= 4 is 41.5 Å². The van der Waals surface area contributed by atoms with E-state index < -0.39 is 0 Å². The number of nitrogens with one attached hydrogen (secondary N) is 2. The van der Waals surface area contributed by atoms with Gasteiger partial charge < -0.3 is 15.4 Å². The van der Waals surface area contributed by atoms with Gasteiger partial charge in [-0.25, -0.2) is 0 Å². The summed E-state index contributed by atoms with van der Waals surface area (Å²) in [5.74, 6) is 1.51. The average Bonchev–Trinajstić information content (AvgIpc) is 2.99. The SMILES string of the molecule is CCNC(=NCCc1cccc(Cl)c1)NC1C2CCOC2C1(C)C.I. The molecule has 1 aliphatic heterocycles. The molecule has 1 aromatic carbocycles. The number of ether oxygens (including phenoxy) is 1. The van der Waals surface area contributed by atoms with Crippen molar-refractivity contribution in [2.75, 3.05) is 19.7 Å². The normalized spacial score (nSPS) is 27.0. The van der Waals surface area contributed by atoms with Crippen molar-refractivity contribution in [1.82, 2.24) is 10.6 Å². The van der Waals surface area contributed by atoms with Crippen LogP contribution in [0.15, 0.2) is 29.3 Å². The Hall–Kier alpha value is -0.530. The van der Waals surface area contributed by atoms with Crippen molar-refractivity contribution in [3.05, 3.63) is 34.9 Å². The van der Waals surface area contributed by atoms with E-state index in [1.54, 1.807) is 0 Å². The molecule has 1 heterocycles. The molecule has 25 heavy (non-hydrogen) atoms. The maximum Gasteiger partial charge on any atom is 0.191 e. The van der Waals surface area contributed by atoms with Crippen LogP contribution in [0.4, 0.5) is 0 Å². The fraction of sp³-hybridized carbons (Fsp3) is 0.632. The summed E-state index contributed by atoms with van der Waals surface area (Å²) in [4.78, 5) is 4.75. The zero-order chi connectivity index (χ0) is 17.2. The minimum absolute atomic E-state index is 0. The predicted octanol–water partition coefficient (Wildman–Crippen LogP) is 3.87. The molecule has 1 aliphatic carbocycles. The van der Waals surface area contributed by atoms with E-state index in [9.17, 15) is 0 Å². The van der Waals surface area contributed by atoms with Gasteiger partial charge in [0.2, 0.25) is 0 Å². The van der Waals surface area contributed by atoms with Gasteiger partial charge in [-0.1, -0.05) is 37.6 Å². The van der Waals surface area contributed by atoms with Gasteiger partial charge in [0.05, 0.1) is 6.10 Å². The van der Waals surface area contributed by atoms with E-state index in [1.807, 2.05) is 18.2 Å². The molecule has 2 N–H and O–H groups in total. The fourth-order valence-corrected chi connectivity index (χ4v) is 4.29. The second-order valence-electron chi connectivity index (χ2n) is 7.33. The van der Waals surface area contributed by atoms with Crippen molar-refractivity contribution in [1.29, 1.82) is 0 Å². The van der Waals surface area contributed by atoms with Gasteiger partial charge in [0.25, 0.3) is 0 Å². The highest BCUT2D eigenvalue weighted by atomic mass is 127. The van der Waals surface area contributed by atoms with E-state index in [0.717, 1.165) is 43.5 Å². The smallest absolute Gasteiger partial charge is 0.191 e. The Morgan fingerprint density at radius 3 is 2.92 bits per heavy atom. The summed E-state index contributed by atoms with van der Waals surface area (Å²) in [5.41, 5.74) is 1.37. The number of halogens is 2. The first-order valence-corrected chi connectivity index (χ1v) is 9.31. The largest absolute Gasteiger partial charge is 0.377 e. The van der Waals surface area contributed by atoms with Crippen molar-refractivity contribution in [3.63, 3.8) is 0 Å². The van der Waals surface area contributed by atoms with Crippen molar-refractivity contribution in [2.24, 2.45) is 16.3 Å². The van der Waals surface area contributed by atoms with Gasteiger partial charge in [-0.2, -0.15) is 0 Å². The monoisotopic (exact) mass is 477 g/mol. The molecule has 1 saturated heterocycles. The molecule has 4 nitrogen and oxygen atoms in total. The van der Waals surface area contributed by atoms with Crippen LogP contribution in [-0.4, -0.2) is 37.8 Å². The molecule has 2 aliphatic rings. The van der Waals surface area contributed by atoms with Gasteiger partial charge in [0.1, 0.15) is 0 Å². The molecule has 6 heteroatoms. The first-order valence-electron chi connectivity index (χ1n) is 8.93. The number of guanidine groups is 1. The van der Waals surface area contributed by atoms with Crippen LogP contribution in [-0.2, 0) is 11.2 Å². The number of benzene rings is 1. The van der Waals surface area contributed by atoms with Gasteiger partial charge in [0, 0.05) is 42.1 Å². The number of rotatable bonds is 5. The molecule has 0 amide bonds. The molecule has 140 valence electrons. The van der Waals surface area contributed by atoms with Crippen LogP contribution < -0.4 is 10.6 Å². The fourth-order valence-electron chi connectivity index (χ4n) is 4.07. The van der Waals surface area contributed by atoms with Crippen LogP contribution in [0.5, 0.6) is 0 Å². The molecule has 0 spiro atoms. The number of aliphatic imine (C=N–C) groups is 1. The Bertz CT molecular complexity index is 608. The third-order valence-corrected chi connectivity index (χ3v) is 5.53. The molecule has 1 saturated carbocycles. The summed E-state index contributed by atoms with van der Waals surface area (Å²) in [5, 5.41) is 7.80. The predicted molar refractivity (Wildman–Crippen MR) is 115 cm³/mol. The summed E-state index contributed by atoms with van der Waals surface area (Å²) < 4.78 is 5.88. The van der Waals surface area contributed by atoms with E-state index in [0.29, 0.717) is 18.1 Å². The molecule has 2 fully saturated rings. The van der Waals surface area contributed by atoms with Crippen LogP contribution in [0.2, 0.25) is 5.02 Å². The number of hydrogen-bond donors (Lipinski definition) is 2. The standard InChI is InChI=1S/C19H28ClN3O.HI/c1-4-21-18(22-10-8-13-6-5-7-14(20)12-13)23-16-15-9-11-24-17(15)19(16,2)3;/h5-7,12,15-17H,4,8-11H2,1-3H3,(H2,21,22,23);1H. The zero-order valence-electron chi connectivity index (χ0n) is 15.2. The zero-order valence-corrected chi connectivity index (χ0v) is 18.3. The van der Waals surface area contributed by atoms with Crippen molar-refractivity contribution in [2.45, 2.75) is 45.8 Å². The molecule has 3 unspecified atom stereocenters. The third-order valence-electron chi connectivity index (χ3n) is 5.30. The topological polar surface area (TPSA) is 45.7 Å². The Morgan fingerprint density at radius 1 is 1.40 bits per heavy atom. The van der Waals surface area contributed by atoms with E-state index in [4.69, 9.17) is 21.3 Å². The summed E-state index contributed by atoms with van der Waals surface area (Å²) in [6.07, 6.45) is 2.43. The van der Waals surface area contributed by atoms with Crippen molar-refractivity contribution < 1.29 is 4.74 Å².